The molecule has 0 saturated heterocycles. The fourth-order valence-electron chi connectivity index (χ4n) is 3.96. The molecule has 0 bridgehead atoms. The summed E-state index contributed by atoms with van der Waals surface area (Å²) in [6, 6.07) is 12.9. The van der Waals surface area contributed by atoms with Crippen molar-refractivity contribution in [2.45, 2.75) is 46.3 Å². The summed E-state index contributed by atoms with van der Waals surface area (Å²) in [6.45, 7) is 9.72. The number of carbonyl (C=O) groups is 1. The van der Waals surface area contributed by atoms with Gasteiger partial charge in [0, 0.05) is 21.7 Å². The highest BCUT2D eigenvalue weighted by Gasteiger charge is 2.33. The first-order valence-electron chi connectivity index (χ1n) is 11.3. The van der Waals surface area contributed by atoms with Gasteiger partial charge in [-0.2, -0.15) is 0 Å². The van der Waals surface area contributed by atoms with E-state index in [9.17, 15) is 4.79 Å². The van der Waals surface area contributed by atoms with Crippen molar-refractivity contribution in [2.24, 2.45) is 0 Å². The number of fused-ring (bicyclic) bond motifs is 1. The Hall–Kier alpha value is -2.22. The highest BCUT2D eigenvalue weighted by atomic mass is 35.5. The van der Waals surface area contributed by atoms with Crippen molar-refractivity contribution < 1.29 is 14.3 Å². The summed E-state index contributed by atoms with van der Waals surface area (Å²) < 4.78 is 12.7. The van der Waals surface area contributed by atoms with Crippen LogP contribution in [0.5, 0.6) is 0 Å². The number of carbonyl (C=O) groups excluding carboxylic acids is 1. The van der Waals surface area contributed by atoms with Gasteiger partial charge in [-0.1, -0.05) is 46.9 Å². The fraction of sp³-hybridized carbons (Fsp3) is 0.296. The molecule has 0 aliphatic heterocycles. The van der Waals surface area contributed by atoms with E-state index in [1.807, 2.05) is 58.0 Å². The first-order chi connectivity index (χ1) is 17.0. The maximum atomic E-state index is 13.2. The molecule has 0 aliphatic carbocycles. The van der Waals surface area contributed by atoms with Crippen LogP contribution in [-0.2, 0) is 14.3 Å². The van der Waals surface area contributed by atoms with Crippen LogP contribution in [0.2, 0.25) is 15.3 Å². The van der Waals surface area contributed by atoms with Crippen molar-refractivity contribution in [3.8, 4) is 21.7 Å². The molecule has 1 unspecified atom stereocenters. The van der Waals surface area contributed by atoms with E-state index in [-0.39, 0.29) is 16.9 Å². The van der Waals surface area contributed by atoms with Gasteiger partial charge in [-0.25, -0.2) is 14.8 Å². The molecule has 0 spiro atoms. The van der Waals surface area contributed by atoms with Gasteiger partial charge in [0.2, 0.25) is 0 Å². The number of aryl methyl sites for hydroxylation is 1. The minimum atomic E-state index is -0.935. The minimum Gasteiger partial charge on any atom is -0.464 e. The Morgan fingerprint density at radius 2 is 1.64 bits per heavy atom. The average Bonchev–Trinajstić information content (AvgIpc) is 3.20. The molecule has 4 rings (SSSR count). The highest BCUT2D eigenvalue weighted by molar-refractivity contribution is 7.22. The molecule has 0 fully saturated rings. The lowest BCUT2D eigenvalue weighted by molar-refractivity contribution is -0.166. The number of thiazole rings is 1. The van der Waals surface area contributed by atoms with Crippen molar-refractivity contribution in [3.05, 3.63) is 68.9 Å². The van der Waals surface area contributed by atoms with E-state index in [0.29, 0.717) is 5.02 Å². The number of benzene rings is 2. The van der Waals surface area contributed by atoms with Gasteiger partial charge in [-0.05, 0) is 76.1 Å². The van der Waals surface area contributed by atoms with E-state index in [4.69, 9.17) is 49.3 Å². The number of hydrogen-bond acceptors (Lipinski definition) is 6. The van der Waals surface area contributed by atoms with Crippen LogP contribution in [-0.4, -0.2) is 28.1 Å². The molecule has 2 aromatic carbocycles. The monoisotopic (exact) mass is 562 g/mol. The lowest BCUT2D eigenvalue weighted by atomic mass is 9.91. The summed E-state index contributed by atoms with van der Waals surface area (Å²) in [6.07, 6.45) is -0.935. The van der Waals surface area contributed by atoms with E-state index in [1.165, 1.54) is 11.3 Å². The zero-order chi connectivity index (χ0) is 26.2. The summed E-state index contributed by atoms with van der Waals surface area (Å²) in [5, 5.41) is 1.91. The van der Waals surface area contributed by atoms with E-state index in [1.54, 1.807) is 19.1 Å². The highest BCUT2D eigenvalue weighted by Crippen LogP contribution is 2.44. The first kappa shape index (κ1) is 26.8. The molecule has 0 aliphatic rings. The average molecular weight is 564 g/mol. The fourth-order valence-corrected chi connectivity index (χ4v) is 5.66. The molecule has 36 heavy (non-hydrogen) atoms. The topological polar surface area (TPSA) is 61.3 Å². The molecule has 1 atom stereocenters. The second-order valence-corrected chi connectivity index (χ2v) is 11.4. The molecule has 5 nitrogen and oxygen atoms in total. The summed E-state index contributed by atoms with van der Waals surface area (Å²) in [7, 11) is 0. The van der Waals surface area contributed by atoms with Crippen LogP contribution in [0.15, 0.2) is 42.5 Å². The molecular weight excluding hydrogens is 539 g/mol. The van der Waals surface area contributed by atoms with Gasteiger partial charge in [0.05, 0.1) is 22.4 Å². The molecular formula is C27H25Cl3N2O3S. The number of aromatic nitrogens is 2. The van der Waals surface area contributed by atoms with E-state index < -0.39 is 17.7 Å². The number of nitrogens with zero attached hydrogens (tertiary/aromatic N) is 2. The van der Waals surface area contributed by atoms with Crippen LogP contribution in [0.1, 0.15) is 44.9 Å². The van der Waals surface area contributed by atoms with Crippen LogP contribution >= 0.6 is 46.1 Å². The largest absolute Gasteiger partial charge is 0.464 e. The molecule has 0 amide bonds. The van der Waals surface area contributed by atoms with Crippen LogP contribution in [0.3, 0.4) is 0 Å². The predicted molar refractivity (Wildman–Crippen MR) is 148 cm³/mol. The number of halogens is 3. The molecule has 0 saturated carbocycles. The lowest BCUT2D eigenvalue weighted by Crippen LogP contribution is -2.29. The number of pyridine rings is 1. The normalized spacial score (nSPS) is 12.7. The Labute approximate surface area is 229 Å². The van der Waals surface area contributed by atoms with Gasteiger partial charge < -0.3 is 9.47 Å². The Bertz CT molecular complexity index is 1410. The van der Waals surface area contributed by atoms with Gasteiger partial charge in [0.1, 0.15) is 15.3 Å². The summed E-state index contributed by atoms with van der Waals surface area (Å²) in [5.41, 5.74) is 4.27. The summed E-state index contributed by atoms with van der Waals surface area (Å²) in [4.78, 5) is 22.1. The van der Waals surface area contributed by atoms with Crippen LogP contribution in [0.4, 0.5) is 0 Å². The van der Waals surface area contributed by atoms with Crippen molar-refractivity contribution in [1.29, 1.82) is 0 Å². The summed E-state index contributed by atoms with van der Waals surface area (Å²) in [5.74, 6) is -0.442. The van der Waals surface area contributed by atoms with Crippen molar-refractivity contribution >= 4 is 62.3 Å². The van der Waals surface area contributed by atoms with Crippen LogP contribution < -0.4 is 0 Å². The third-order valence-corrected chi connectivity index (χ3v) is 7.08. The third kappa shape index (κ3) is 5.84. The van der Waals surface area contributed by atoms with Gasteiger partial charge in [0.25, 0.3) is 0 Å². The number of esters is 1. The second-order valence-electron chi connectivity index (χ2n) is 9.22. The number of rotatable bonds is 6. The smallest absolute Gasteiger partial charge is 0.339 e. The van der Waals surface area contributed by atoms with Gasteiger partial charge in [-0.3, -0.25) is 0 Å². The van der Waals surface area contributed by atoms with Crippen molar-refractivity contribution in [1.82, 2.24) is 9.97 Å². The third-order valence-electron chi connectivity index (χ3n) is 5.30. The second kappa shape index (κ2) is 10.6. The van der Waals surface area contributed by atoms with Gasteiger partial charge >= 0.3 is 5.97 Å². The molecule has 4 aromatic rings. The summed E-state index contributed by atoms with van der Waals surface area (Å²) >= 11 is 20.0. The zero-order valence-electron chi connectivity index (χ0n) is 20.5. The predicted octanol–water partition coefficient (Wildman–Crippen LogP) is 8.71. The standard InChI is InChI=1S/C27H25Cl3N2O3S/c1-6-34-26(33)23(35-27(3,4)5)21-14(2)11-18-24(22(21)15-7-9-17(28)10-8-15)36-25(31-18)16-12-19(29)32-20(30)13-16/h7-13,23H,6H2,1-5H3. The maximum Gasteiger partial charge on any atom is 0.339 e. The van der Waals surface area contributed by atoms with Crippen LogP contribution in [0, 0.1) is 6.92 Å². The Morgan fingerprint density at radius 3 is 2.22 bits per heavy atom. The molecule has 9 heteroatoms. The quantitative estimate of drug-likeness (QED) is 0.173. The van der Waals surface area contributed by atoms with E-state index in [2.05, 4.69) is 4.98 Å². The maximum absolute atomic E-state index is 13.2. The SMILES string of the molecule is CCOC(=O)C(OC(C)(C)C)c1c(C)cc2nc(-c3cc(Cl)nc(Cl)c3)sc2c1-c1ccc(Cl)cc1. The molecule has 0 N–H and O–H groups in total. The van der Waals surface area contributed by atoms with E-state index >= 15 is 0 Å². The van der Waals surface area contributed by atoms with Crippen molar-refractivity contribution in [2.75, 3.05) is 6.61 Å². The number of ether oxygens (including phenoxy) is 2. The van der Waals surface area contributed by atoms with Crippen LogP contribution in [0.25, 0.3) is 31.9 Å². The van der Waals surface area contributed by atoms with Gasteiger partial charge in [0.15, 0.2) is 6.10 Å². The van der Waals surface area contributed by atoms with Crippen molar-refractivity contribution in [3.63, 3.8) is 0 Å². The molecule has 2 heterocycles. The lowest BCUT2D eigenvalue weighted by Gasteiger charge is -2.29. The Balaban J connectivity index is 2.04. The number of hydrogen-bond donors (Lipinski definition) is 0. The Morgan fingerprint density at radius 1 is 1.00 bits per heavy atom. The zero-order valence-corrected chi connectivity index (χ0v) is 23.6. The molecule has 0 radical (unpaired) electrons. The van der Waals surface area contributed by atoms with Gasteiger partial charge in [-0.15, -0.1) is 11.3 Å². The molecule has 188 valence electrons. The first-order valence-corrected chi connectivity index (χ1v) is 13.3. The Kier molecular flexibility index (Phi) is 7.93. The van der Waals surface area contributed by atoms with E-state index in [0.717, 1.165) is 43.0 Å². The minimum absolute atomic E-state index is 0.245. The molecule has 2 aromatic heterocycles.